The standard InChI is InChI=1S/C11H13BrClFN2/c12-9-2-1-8(10(13)11(9)14)7-16-5-3-15-4-6-16/h1-2,15H,3-7H2. The predicted molar refractivity (Wildman–Crippen MR) is 67.3 cm³/mol. The van der Waals surface area contributed by atoms with E-state index in [-0.39, 0.29) is 10.8 Å². The molecular weight excluding hydrogens is 294 g/mol. The van der Waals surface area contributed by atoms with Crippen LogP contribution in [-0.2, 0) is 6.54 Å². The van der Waals surface area contributed by atoms with Crippen molar-refractivity contribution in [1.29, 1.82) is 0 Å². The van der Waals surface area contributed by atoms with E-state index < -0.39 is 0 Å². The highest BCUT2D eigenvalue weighted by molar-refractivity contribution is 9.10. The average Bonchev–Trinajstić information content (AvgIpc) is 2.31. The number of piperazine rings is 1. The number of hydrogen-bond acceptors (Lipinski definition) is 2. The zero-order valence-electron chi connectivity index (χ0n) is 8.77. The molecule has 0 aromatic heterocycles. The number of nitrogens with one attached hydrogen (secondary N) is 1. The Kier molecular flexibility index (Phi) is 4.19. The van der Waals surface area contributed by atoms with Crippen LogP contribution in [0.25, 0.3) is 0 Å². The smallest absolute Gasteiger partial charge is 0.156 e. The Morgan fingerprint density at radius 2 is 2.06 bits per heavy atom. The highest BCUT2D eigenvalue weighted by atomic mass is 79.9. The maximum atomic E-state index is 13.5. The second-order valence-corrected chi connectivity index (χ2v) is 5.09. The topological polar surface area (TPSA) is 15.3 Å². The van der Waals surface area contributed by atoms with Gasteiger partial charge in [0.25, 0.3) is 0 Å². The van der Waals surface area contributed by atoms with Gasteiger partial charge in [0, 0.05) is 32.7 Å². The Hall–Kier alpha value is -0.160. The molecule has 16 heavy (non-hydrogen) atoms. The van der Waals surface area contributed by atoms with Crippen LogP contribution in [0.1, 0.15) is 5.56 Å². The summed E-state index contributed by atoms with van der Waals surface area (Å²) in [5.74, 6) is -0.366. The normalized spacial score (nSPS) is 17.7. The highest BCUT2D eigenvalue weighted by Crippen LogP contribution is 2.27. The van der Waals surface area contributed by atoms with E-state index in [2.05, 4.69) is 26.1 Å². The van der Waals surface area contributed by atoms with Gasteiger partial charge >= 0.3 is 0 Å². The van der Waals surface area contributed by atoms with Crippen molar-refractivity contribution in [1.82, 2.24) is 10.2 Å². The molecule has 1 N–H and O–H groups in total. The molecule has 0 atom stereocenters. The third kappa shape index (κ3) is 2.74. The Morgan fingerprint density at radius 3 is 2.75 bits per heavy atom. The van der Waals surface area contributed by atoms with Crippen molar-refractivity contribution in [3.63, 3.8) is 0 Å². The lowest BCUT2D eigenvalue weighted by Gasteiger charge is -2.27. The van der Waals surface area contributed by atoms with Crippen LogP contribution < -0.4 is 5.32 Å². The van der Waals surface area contributed by atoms with Crippen molar-refractivity contribution in [3.05, 3.63) is 33.0 Å². The van der Waals surface area contributed by atoms with E-state index in [1.54, 1.807) is 6.07 Å². The first kappa shape index (κ1) is 12.3. The van der Waals surface area contributed by atoms with Crippen LogP contribution in [0.3, 0.4) is 0 Å². The highest BCUT2D eigenvalue weighted by Gasteiger charge is 2.14. The summed E-state index contributed by atoms with van der Waals surface area (Å²) in [6.07, 6.45) is 0. The molecule has 1 aliphatic heterocycles. The SMILES string of the molecule is Fc1c(Br)ccc(CN2CCNCC2)c1Cl. The lowest BCUT2D eigenvalue weighted by Crippen LogP contribution is -2.42. The summed E-state index contributed by atoms with van der Waals surface area (Å²) in [4.78, 5) is 2.27. The van der Waals surface area contributed by atoms with Gasteiger partial charge in [0.15, 0.2) is 5.82 Å². The molecule has 1 saturated heterocycles. The van der Waals surface area contributed by atoms with Crippen LogP contribution in [0.4, 0.5) is 4.39 Å². The van der Waals surface area contributed by atoms with Crippen LogP contribution in [0.2, 0.25) is 5.02 Å². The number of rotatable bonds is 2. The molecule has 1 heterocycles. The molecule has 88 valence electrons. The van der Waals surface area contributed by atoms with E-state index in [4.69, 9.17) is 11.6 Å². The molecule has 0 aliphatic carbocycles. The molecule has 0 amide bonds. The number of hydrogen-bond donors (Lipinski definition) is 1. The molecule has 1 fully saturated rings. The van der Waals surface area contributed by atoms with Crippen molar-refractivity contribution in [3.8, 4) is 0 Å². The summed E-state index contributed by atoms with van der Waals surface area (Å²) >= 11 is 9.09. The van der Waals surface area contributed by atoms with E-state index in [0.29, 0.717) is 11.0 Å². The van der Waals surface area contributed by atoms with Crippen molar-refractivity contribution in [2.24, 2.45) is 0 Å². The molecule has 1 aliphatic rings. The van der Waals surface area contributed by atoms with Gasteiger partial charge in [-0.2, -0.15) is 0 Å². The van der Waals surface area contributed by atoms with Crippen molar-refractivity contribution in [2.75, 3.05) is 26.2 Å². The van der Waals surface area contributed by atoms with E-state index in [1.165, 1.54) is 0 Å². The van der Waals surface area contributed by atoms with Gasteiger partial charge in [-0.25, -0.2) is 4.39 Å². The van der Waals surface area contributed by atoms with Crippen molar-refractivity contribution >= 4 is 27.5 Å². The molecular formula is C11H13BrClFN2. The first-order valence-electron chi connectivity index (χ1n) is 5.24. The second-order valence-electron chi connectivity index (χ2n) is 3.86. The number of benzene rings is 1. The quantitative estimate of drug-likeness (QED) is 0.845. The molecule has 5 heteroatoms. The monoisotopic (exact) mass is 306 g/mol. The Bertz CT molecular complexity index is 380. The lowest BCUT2D eigenvalue weighted by molar-refractivity contribution is 0.233. The van der Waals surface area contributed by atoms with E-state index in [9.17, 15) is 4.39 Å². The van der Waals surface area contributed by atoms with Gasteiger partial charge in [0.05, 0.1) is 9.50 Å². The van der Waals surface area contributed by atoms with Crippen LogP contribution in [-0.4, -0.2) is 31.1 Å². The molecule has 1 aromatic rings. The Balaban J connectivity index is 2.11. The summed E-state index contributed by atoms with van der Waals surface area (Å²) in [6.45, 7) is 4.64. The van der Waals surface area contributed by atoms with Crippen LogP contribution in [0.15, 0.2) is 16.6 Å². The zero-order chi connectivity index (χ0) is 11.5. The third-order valence-corrected chi connectivity index (χ3v) is 3.74. The lowest BCUT2D eigenvalue weighted by atomic mass is 10.2. The van der Waals surface area contributed by atoms with Gasteiger partial charge in [0.1, 0.15) is 0 Å². The van der Waals surface area contributed by atoms with Gasteiger partial charge < -0.3 is 5.32 Å². The van der Waals surface area contributed by atoms with Crippen molar-refractivity contribution < 1.29 is 4.39 Å². The van der Waals surface area contributed by atoms with Crippen LogP contribution >= 0.6 is 27.5 Å². The van der Waals surface area contributed by atoms with Gasteiger partial charge in [-0.3, -0.25) is 4.90 Å². The predicted octanol–water partition coefficient (Wildman–Crippen LogP) is 2.65. The summed E-state index contributed by atoms with van der Waals surface area (Å²) in [5.41, 5.74) is 0.851. The Morgan fingerprint density at radius 1 is 1.38 bits per heavy atom. The number of halogens is 3. The minimum absolute atomic E-state index is 0.230. The summed E-state index contributed by atoms with van der Waals surface area (Å²) < 4.78 is 14.0. The first-order valence-corrected chi connectivity index (χ1v) is 6.41. The van der Waals surface area contributed by atoms with Crippen molar-refractivity contribution in [2.45, 2.75) is 6.54 Å². The maximum absolute atomic E-state index is 13.5. The molecule has 0 bridgehead atoms. The minimum Gasteiger partial charge on any atom is -0.314 e. The fraction of sp³-hybridized carbons (Fsp3) is 0.455. The largest absolute Gasteiger partial charge is 0.314 e. The van der Waals surface area contributed by atoms with Gasteiger partial charge in [0.2, 0.25) is 0 Å². The molecule has 0 spiro atoms. The molecule has 0 saturated carbocycles. The van der Waals surface area contributed by atoms with E-state index in [0.717, 1.165) is 31.7 Å². The molecule has 1 aromatic carbocycles. The molecule has 2 rings (SSSR count). The first-order chi connectivity index (χ1) is 7.68. The number of nitrogens with zero attached hydrogens (tertiary/aromatic N) is 1. The summed E-state index contributed by atoms with van der Waals surface area (Å²) in [5, 5.41) is 3.51. The fourth-order valence-electron chi connectivity index (χ4n) is 1.80. The van der Waals surface area contributed by atoms with Gasteiger partial charge in [-0.05, 0) is 27.6 Å². The van der Waals surface area contributed by atoms with E-state index in [1.807, 2.05) is 6.07 Å². The van der Waals surface area contributed by atoms with E-state index >= 15 is 0 Å². The van der Waals surface area contributed by atoms with Gasteiger partial charge in [-0.15, -0.1) is 0 Å². The van der Waals surface area contributed by atoms with Crippen LogP contribution in [0.5, 0.6) is 0 Å². The summed E-state index contributed by atoms with van der Waals surface area (Å²) in [6, 6.07) is 3.58. The zero-order valence-corrected chi connectivity index (χ0v) is 11.1. The molecule has 0 radical (unpaired) electrons. The maximum Gasteiger partial charge on any atom is 0.156 e. The minimum atomic E-state index is -0.366. The van der Waals surface area contributed by atoms with Gasteiger partial charge in [-0.1, -0.05) is 17.7 Å². The fourth-order valence-corrected chi connectivity index (χ4v) is 2.47. The van der Waals surface area contributed by atoms with Crippen LogP contribution in [0, 0.1) is 5.82 Å². The Labute approximate surface area is 108 Å². The molecule has 2 nitrogen and oxygen atoms in total. The third-order valence-electron chi connectivity index (χ3n) is 2.72. The summed E-state index contributed by atoms with van der Waals surface area (Å²) in [7, 11) is 0. The average molecular weight is 308 g/mol. The second kappa shape index (κ2) is 5.45. The molecule has 0 unspecified atom stereocenters.